The summed E-state index contributed by atoms with van der Waals surface area (Å²) in [4.78, 5) is 16.0. The van der Waals surface area contributed by atoms with Crippen LogP contribution in [0.25, 0.3) is 0 Å². The van der Waals surface area contributed by atoms with Gasteiger partial charge in [-0.1, -0.05) is 19.1 Å². The van der Waals surface area contributed by atoms with Crippen molar-refractivity contribution in [1.82, 2.24) is 16.0 Å². The van der Waals surface area contributed by atoms with Gasteiger partial charge in [0.2, 0.25) is 0 Å². The van der Waals surface area contributed by atoms with Crippen molar-refractivity contribution in [2.24, 2.45) is 10.9 Å². The summed E-state index contributed by atoms with van der Waals surface area (Å²) in [6, 6.07) is 8.27. The van der Waals surface area contributed by atoms with Gasteiger partial charge in [-0.15, -0.1) is 0 Å². The predicted octanol–water partition coefficient (Wildman–Crippen LogP) is 2.88. The van der Waals surface area contributed by atoms with Crippen LogP contribution in [0.5, 0.6) is 5.75 Å². The number of benzene rings is 1. The molecule has 0 saturated heterocycles. The van der Waals surface area contributed by atoms with Crippen LogP contribution >= 0.6 is 0 Å². The fraction of sp³-hybridized carbons (Fsp3) is 0.619. The third kappa shape index (κ3) is 7.29. The first-order chi connectivity index (χ1) is 13.6. The van der Waals surface area contributed by atoms with E-state index < -0.39 is 0 Å². The van der Waals surface area contributed by atoms with Gasteiger partial charge >= 0.3 is 6.09 Å². The molecule has 0 spiro atoms. The highest BCUT2D eigenvalue weighted by atomic mass is 16.5. The fourth-order valence-corrected chi connectivity index (χ4v) is 3.09. The van der Waals surface area contributed by atoms with Gasteiger partial charge in [0.05, 0.1) is 19.8 Å². The van der Waals surface area contributed by atoms with E-state index in [0.29, 0.717) is 25.0 Å². The molecule has 3 N–H and O–H groups in total. The second-order valence-electron chi connectivity index (χ2n) is 7.15. The number of alkyl carbamates (subject to hydrolysis) is 1. The van der Waals surface area contributed by atoms with Gasteiger partial charge in [-0.25, -0.2) is 4.79 Å². The Balaban J connectivity index is 1.73. The Bertz CT molecular complexity index is 629. The van der Waals surface area contributed by atoms with Crippen molar-refractivity contribution in [3.63, 3.8) is 0 Å². The summed E-state index contributed by atoms with van der Waals surface area (Å²) in [7, 11) is 3.43. The average Bonchev–Trinajstić information content (AvgIpc) is 3.54. The van der Waals surface area contributed by atoms with Gasteiger partial charge in [-0.05, 0) is 55.7 Å². The van der Waals surface area contributed by atoms with E-state index in [1.165, 1.54) is 5.56 Å². The summed E-state index contributed by atoms with van der Waals surface area (Å²) in [6.45, 7) is 5.85. The van der Waals surface area contributed by atoms with Crippen molar-refractivity contribution in [1.29, 1.82) is 0 Å². The first-order valence-electron chi connectivity index (χ1n) is 10.1. The smallest absolute Gasteiger partial charge is 0.407 e. The van der Waals surface area contributed by atoms with Crippen LogP contribution in [0, 0.1) is 5.92 Å². The number of rotatable bonds is 10. The van der Waals surface area contributed by atoms with Crippen LogP contribution in [-0.2, 0) is 4.74 Å². The molecule has 0 radical (unpaired) electrons. The number of amides is 1. The second-order valence-corrected chi connectivity index (χ2v) is 7.15. The van der Waals surface area contributed by atoms with E-state index in [1.54, 1.807) is 14.2 Å². The second kappa shape index (κ2) is 11.4. The predicted molar refractivity (Wildman–Crippen MR) is 112 cm³/mol. The number of ether oxygens (including phenoxy) is 2. The van der Waals surface area contributed by atoms with Crippen molar-refractivity contribution >= 4 is 12.1 Å². The zero-order valence-electron chi connectivity index (χ0n) is 17.5. The van der Waals surface area contributed by atoms with Crippen LogP contribution in [0.15, 0.2) is 29.3 Å². The molecule has 2 unspecified atom stereocenters. The van der Waals surface area contributed by atoms with Crippen molar-refractivity contribution in [2.75, 3.05) is 33.9 Å². The lowest BCUT2D eigenvalue weighted by Crippen LogP contribution is -2.48. The summed E-state index contributed by atoms with van der Waals surface area (Å²) >= 11 is 0. The Morgan fingerprint density at radius 2 is 1.96 bits per heavy atom. The van der Waals surface area contributed by atoms with Crippen molar-refractivity contribution in [2.45, 2.75) is 45.1 Å². The van der Waals surface area contributed by atoms with Crippen molar-refractivity contribution < 1.29 is 14.3 Å². The lowest BCUT2D eigenvalue weighted by atomic mass is 9.98. The average molecular weight is 391 g/mol. The quantitative estimate of drug-likeness (QED) is 0.423. The fourth-order valence-electron chi connectivity index (χ4n) is 3.09. The molecule has 0 heterocycles. The molecule has 0 aromatic heterocycles. The summed E-state index contributed by atoms with van der Waals surface area (Å²) in [5.74, 6) is 2.57. The minimum absolute atomic E-state index is 0.0656. The molecule has 2 rings (SSSR count). The summed E-state index contributed by atoms with van der Waals surface area (Å²) in [5, 5.41) is 9.62. The van der Waals surface area contributed by atoms with Crippen LogP contribution in [0.1, 0.15) is 44.6 Å². The third-order valence-electron chi connectivity index (χ3n) is 5.04. The molecule has 0 bridgehead atoms. The molecule has 156 valence electrons. The molecular weight excluding hydrogens is 356 g/mol. The molecule has 2 atom stereocenters. The van der Waals surface area contributed by atoms with Gasteiger partial charge in [0, 0.05) is 20.1 Å². The molecule has 1 aliphatic rings. The van der Waals surface area contributed by atoms with E-state index in [-0.39, 0.29) is 12.1 Å². The molecule has 1 aromatic carbocycles. The zero-order valence-corrected chi connectivity index (χ0v) is 17.5. The topological polar surface area (TPSA) is 84.0 Å². The first kappa shape index (κ1) is 21.9. The number of hydrogen-bond donors (Lipinski definition) is 3. The van der Waals surface area contributed by atoms with Crippen molar-refractivity contribution in [3.8, 4) is 5.75 Å². The van der Waals surface area contributed by atoms with Crippen LogP contribution in [0.4, 0.5) is 4.79 Å². The van der Waals surface area contributed by atoms with Gasteiger partial charge in [0.25, 0.3) is 0 Å². The SMILES string of the molecule is CCOC(=O)NC(CNC(=NC)NCCC(C)c1ccc(OC)cc1)C1CC1. The molecule has 1 aromatic rings. The van der Waals surface area contributed by atoms with E-state index in [4.69, 9.17) is 9.47 Å². The van der Waals surface area contributed by atoms with Gasteiger partial charge < -0.3 is 25.4 Å². The number of methoxy groups -OCH3 is 1. The number of aliphatic imine (C=N–C) groups is 1. The van der Waals surface area contributed by atoms with Crippen LogP contribution in [-0.4, -0.2) is 51.9 Å². The lowest BCUT2D eigenvalue weighted by Gasteiger charge is -2.20. The molecule has 0 aliphatic heterocycles. The van der Waals surface area contributed by atoms with Gasteiger partial charge in [0.15, 0.2) is 5.96 Å². The van der Waals surface area contributed by atoms with E-state index in [9.17, 15) is 4.79 Å². The number of carbonyl (C=O) groups is 1. The maximum absolute atomic E-state index is 11.7. The van der Waals surface area contributed by atoms with E-state index in [0.717, 1.165) is 37.5 Å². The van der Waals surface area contributed by atoms with Crippen LogP contribution in [0.3, 0.4) is 0 Å². The number of carbonyl (C=O) groups excluding carboxylic acids is 1. The Morgan fingerprint density at radius 1 is 1.25 bits per heavy atom. The van der Waals surface area contributed by atoms with Gasteiger partial charge in [-0.3, -0.25) is 4.99 Å². The lowest BCUT2D eigenvalue weighted by molar-refractivity contribution is 0.146. The summed E-state index contributed by atoms with van der Waals surface area (Å²) in [5.41, 5.74) is 1.29. The maximum Gasteiger partial charge on any atom is 0.407 e. The Labute approximate surface area is 168 Å². The normalized spacial score (nSPS) is 16.1. The van der Waals surface area contributed by atoms with E-state index in [2.05, 4.69) is 40.0 Å². The minimum Gasteiger partial charge on any atom is -0.497 e. The molecule has 1 amide bonds. The van der Waals surface area contributed by atoms with Gasteiger partial charge in [0.1, 0.15) is 5.75 Å². The van der Waals surface area contributed by atoms with Crippen LogP contribution < -0.4 is 20.7 Å². The third-order valence-corrected chi connectivity index (χ3v) is 5.04. The number of nitrogens with one attached hydrogen (secondary N) is 3. The minimum atomic E-state index is -0.350. The Hall–Kier alpha value is -2.44. The number of guanidine groups is 1. The zero-order chi connectivity index (χ0) is 20.4. The highest BCUT2D eigenvalue weighted by Gasteiger charge is 2.32. The highest BCUT2D eigenvalue weighted by molar-refractivity contribution is 5.79. The number of hydrogen-bond acceptors (Lipinski definition) is 4. The molecule has 1 fully saturated rings. The highest BCUT2D eigenvalue weighted by Crippen LogP contribution is 2.32. The molecule has 1 aliphatic carbocycles. The summed E-state index contributed by atoms with van der Waals surface area (Å²) in [6.07, 6.45) is 2.92. The van der Waals surface area contributed by atoms with E-state index in [1.807, 2.05) is 19.1 Å². The Morgan fingerprint density at radius 3 is 2.54 bits per heavy atom. The Kier molecular flexibility index (Phi) is 8.91. The van der Waals surface area contributed by atoms with Gasteiger partial charge in [-0.2, -0.15) is 0 Å². The molecule has 7 heteroatoms. The molecule has 1 saturated carbocycles. The maximum atomic E-state index is 11.7. The number of nitrogens with zero attached hydrogens (tertiary/aromatic N) is 1. The molecule has 28 heavy (non-hydrogen) atoms. The van der Waals surface area contributed by atoms with Crippen LogP contribution in [0.2, 0.25) is 0 Å². The summed E-state index contributed by atoms with van der Waals surface area (Å²) < 4.78 is 10.2. The monoisotopic (exact) mass is 390 g/mol. The first-order valence-corrected chi connectivity index (χ1v) is 10.1. The molecule has 7 nitrogen and oxygen atoms in total. The van der Waals surface area contributed by atoms with Crippen molar-refractivity contribution in [3.05, 3.63) is 29.8 Å². The standard InChI is InChI=1S/C21H34N4O3/c1-5-28-21(26)25-19(17-6-7-17)14-24-20(22-3)23-13-12-15(2)16-8-10-18(27-4)11-9-16/h8-11,15,17,19H,5-7,12-14H2,1-4H3,(H,25,26)(H2,22,23,24). The largest absolute Gasteiger partial charge is 0.497 e. The van der Waals surface area contributed by atoms with E-state index >= 15 is 0 Å². The molecular formula is C21H34N4O3.